The molecule has 0 saturated heterocycles. The number of rotatable bonds is 3. The van der Waals surface area contributed by atoms with Crippen molar-refractivity contribution in [3.05, 3.63) is 63.1 Å². The van der Waals surface area contributed by atoms with E-state index in [0.717, 1.165) is 18.6 Å². The molecule has 2 atom stereocenters. The molecule has 3 heterocycles. The largest absolute Gasteiger partial charge is 0.546 e. The molecule has 24 heavy (non-hydrogen) atoms. The molecule has 1 aromatic heterocycles. The molecule has 2 aliphatic heterocycles. The maximum atomic E-state index is 13.0. The lowest BCUT2D eigenvalue weighted by molar-refractivity contribution is 0.186. The van der Waals surface area contributed by atoms with Gasteiger partial charge in [0.05, 0.1) is 11.7 Å². The standard InChI is InChI=1S/C17H21N3O3Si/c1-24(2,3)23-15-11-13-9-10-14(15)20-17(22)18(16(21)19(13)20)12-7-5-4-6-8-12/h4-8,11,13-14H,9-10H2,1-3H3. The summed E-state index contributed by atoms with van der Waals surface area (Å²) in [6.07, 6.45) is 3.73. The summed E-state index contributed by atoms with van der Waals surface area (Å²) >= 11 is 0. The van der Waals surface area contributed by atoms with E-state index in [1.165, 1.54) is 4.57 Å². The molecule has 2 unspecified atom stereocenters. The average molecular weight is 343 g/mol. The van der Waals surface area contributed by atoms with E-state index in [-0.39, 0.29) is 23.5 Å². The van der Waals surface area contributed by atoms with Crippen LogP contribution in [-0.4, -0.2) is 22.2 Å². The van der Waals surface area contributed by atoms with Crippen molar-refractivity contribution in [2.45, 2.75) is 44.6 Å². The Balaban J connectivity index is 1.88. The first-order chi connectivity index (χ1) is 11.4. The van der Waals surface area contributed by atoms with Crippen molar-refractivity contribution in [2.24, 2.45) is 0 Å². The second kappa shape index (κ2) is 5.11. The van der Waals surface area contributed by atoms with Gasteiger partial charge >= 0.3 is 11.4 Å². The Labute approximate surface area is 140 Å². The molecule has 1 aliphatic carbocycles. The molecule has 0 spiro atoms. The topological polar surface area (TPSA) is 58.2 Å². The van der Waals surface area contributed by atoms with Gasteiger partial charge in [-0.25, -0.2) is 23.5 Å². The molecular formula is C17H21N3O3Si. The van der Waals surface area contributed by atoms with Crippen LogP contribution in [0, 0.1) is 0 Å². The lowest BCUT2D eigenvalue weighted by Crippen LogP contribution is -2.43. The fraction of sp³-hybridized carbons (Fsp3) is 0.412. The smallest absolute Gasteiger partial charge is 0.352 e. The Morgan fingerprint density at radius 3 is 2.33 bits per heavy atom. The first-order valence-corrected chi connectivity index (χ1v) is 11.7. The van der Waals surface area contributed by atoms with Gasteiger partial charge in [0.1, 0.15) is 11.8 Å². The van der Waals surface area contributed by atoms with Crippen LogP contribution in [0.3, 0.4) is 0 Å². The minimum absolute atomic E-state index is 0.105. The predicted octanol–water partition coefficient (Wildman–Crippen LogP) is 2.43. The summed E-state index contributed by atoms with van der Waals surface area (Å²) in [6, 6.07) is 8.81. The third-order valence-electron chi connectivity index (χ3n) is 4.48. The number of para-hydroxylation sites is 1. The summed E-state index contributed by atoms with van der Waals surface area (Å²) in [4.78, 5) is 25.8. The Bertz CT molecular complexity index is 931. The first kappa shape index (κ1) is 15.3. The van der Waals surface area contributed by atoms with Crippen LogP contribution < -0.4 is 11.4 Å². The molecule has 6 nitrogen and oxygen atoms in total. The van der Waals surface area contributed by atoms with Gasteiger partial charge in [0.15, 0.2) is 0 Å². The second-order valence-electron chi connectivity index (χ2n) is 7.37. The van der Waals surface area contributed by atoms with E-state index in [0.29, 0.717) is 5.69 Å². The average Bonchev–Trinajstić information content (AvgIpc) is 2.80. The van der Waals surface area contributed by atoms with Gasteiger partial charge in [-0.2, -0.15) is 0 Å². The highest BCUT2D eigenvalue weighted by Crippen LogP contribution is 2.40. The van der Waals surface area contributed by atoms with Gasteiger partial charge in [-0.3, -0.25) is 0 Å². The summed E-state index contributed by atoms with van der Waals surface area (Å²) in [6.45, 7) is 6.38. The molecule has 0 saturated carbocycles. The van der Waals surface area contributed by atoms with Crippen LogP contribution in [-0.2, 0) is 4.43 Å². The summed E-state index contributed by atoms with van der Waals surface area (Å²) in [5, 5.41) is 0. The molecule has 2 aromatic rings. The Kier molecular flexibility index (Phi) is 3.25. The lowest BCUT2D eigenvalue weighted by atomic mass is 9.95. The molecule has 3 aliphatic rings. The van der Waals surface area contributed by atoms with Crippen molar-refractivity contribution >= 4 is 8.32 Å². The molecule has 126 valence electrons. The molecule has 1 aromatic carbocycles. The maximum Gasteiger partial charge on any atom is 0.352 e. The number of benzene rings is 1. The van der Waals surface area contributed by atoms with Crippen LogP contribution in [0.15, 0.2) is 51.8 Å². The van der Waals surface area contributed by atoms with Gasteiger partial charge in [0.25, 0.3) is 0 Å². The van der Waals surface area contributed by atoms with Crippen molar-refractivity contribution in [3.63, 3.8) is 0 Å². The molecule has 7 heteroatoms. The van der Waals surface area contributed by atoms with E-state index in [1.807, 2.05) is 24.3 Å². The van der Waals surface area contributed by atoms with Crippen molar-refractivity contribution < 1.29 is 4.43 Å². The fourth-order valence-electron chi connectivity index (χ4n) is 3.60. The number of allylic oxidation sites excluding steroid dienone is 2. The van der Waals surface area contributed by atoms with E-state index >= 15 is 0 Å². The molecule has 2 bridgehead atoms. The van der Waals surface area contributed by atoms with Crippen molar-refractivity contribution in [2.75, 3.05) is 0 Å². The SMILES string of the molecule is C[Si](C)(C)OC1=CC2CCC1n1c(=O)n(-c3ccccc3)c(=O)n12. The van der Waals surface area contributed by atoms with Crippen LogP contribution in [0.25, 0.3) is 5.69 Å². The van der Waals surface area contributed by atoms with Crippen LogP contribution in [0.2, 0.25) is 19.6 Å². The first-order valence-electron chi connectivity index (χ1n) is 8.29. The van der Waals surface area contributed by atoms with E-state index in [4.69, 9.17) is 4.43 Å². The van der Waals surface area contributed by atoms with Crippen LogP contribution in [0.1, 0.15) is 24.9 Å². The van der Waals surface area contributed by atoms with E-state index in [2.05, 4.69) is 19.6 Å². The Hall–Kier alpha value is -2.28. The Morgan fingerprint density at radius 1 is 1.00 bits per heavy atom. The van der Waals surface area contributed by atoms with Crippen molar-refractivity contribution in [1.82, 2.24) is 13.9 Å². The third-order valence-corrected chi connectivity index (χ3v) is 5.32. The minimum Gasteiger partial charge on any atom is -0.546 e. The summed E-state index contributed by atoms with van der Waals surface area (Å²) in [7, 11) is -1.77. The molecular weight excluding hydrogens is 322 g/mol. The minimum atomic E-state index is -1.77. The number of fused-ring (bicyclic) bond motifs is 1. The predicted molar refractivity (Wildman–Crippen MR) is 94.1 cm³/mol. The van der Waals surface area contributed by atoms with Crippen molar-refractivity contribution in [1.29, 1.82) is 0 Å². The quantitative estimate of drug-likeness (QED) is 0.804. The van der Waals surface area contributed by atoms with E-state index in [9.17, 15) is 9.59 Å². The highest BCUT2D eigenvalue weighted by molar-refractivity contribution is 6.70. The highest BCUT2D eigenvalue weighted by Gasteiger charge is 2.40. The van der Waals surface area contributed by atoms with Gasteiger partial charge < -0.3 is 4.43 Å². The van der Waals surface area contributed by atoms with Crippen LogP contribution in [0.4, 0.5) is 0 Å². The van der Waals surface area contributed by atoms with Gasteiger partial charge in [-0.1, -0.05) is 18.2 Å². The summed E-state index contributed by atoms with van der Waals surface area (Å²) < 4.78 is 10.6. The monoisotopic (exact) mass is 343 g/mol. The van der Waals surface area contributed by atoms with Crippen molar-refractivity contribution in [3.8, 4) is 5.69 Å². The lowest BCUT2D eigenvalue weighted by Gasteiger charge is -2.39. The van der Waals surface area contributed by atoms with E-state index in [1.54, 1.807) is 21.5 Å². The number of aromatic nitrogens is 3. The van der Waals surface area contributed by atoms with Gasteiger partial charge in [0.2, 0.25) is 8.32 Å². The highest BCUT2D eigenvalue weighted by atomic mass is 28.4. The van der Waals surface area contributed by atoms with Gasteiger partial charge in [0, 0.05) is 0 Å². The number of nitrogens with zero attached hydrogens (tertiary/aromatic N) is 3. The van der Waals surface area contributed by atoms with Gasteiger partial charge in [-0.05, 0) is 50.7 Å². The summed E-state index contributed by atoms with van der Waals surface area (Å²) in [5.74, 6) is 0.859. The number of hydrogen-bond acceptors (Lipinski definition) is 3. The molecule has 0 radical (unpaired) electrons. The van der Waals surface area contributed by atoms with E-state index < -0.39 is 8.32 Å². The molecule has 5 rings (SSSR count). The zero-order valence-corrected chi connectivity index (χ0v) is 15.1. The van der Waals surface area contributed by atoms with Crippen LogP contribution in [0.5, 0.6) is 0 Å². The molecule has 0 N–H and O–H groups in total. The number of hydrogen-bond donors (Lipinski definition) is 0. The normalized spacial score (nSPS) is 22.2. The maximum absolute atomic E-state index is 13.0. The molecule has 0 fully saturated rings. The second-order valence-corrected chi connectivity index (χ2v) is 11.8. The third kappa shape index (κ3) is 2.23. The Morgan fingerprint density at radius 2 is 1.67 bits per heavy atom. The fourth-order valence-corrected chi connectivity index (χ4v) is 4.51. The van der Waals surface area contributed by atoms with Crippen LogP contribution >= 0.6 is 0 Å². The zero-order chi connectivity index (χ0) is 17.1. The zero-order valence-electron chi connectivity index (χ0n) is 14.1. The van der Waals surface area contributed by atoms with Gasteiger partial charge in [-0.15, -0.1) is 0 Å². The molecule has 0 amide bonds. The summed E-state index contributed by atoms with van der Waals surface area (Å²) in [5.41, 5.74) is 0.0452.